The highest BCUT2D eigenvalue weighted by Crippen LogP contribution is 2.35. The van der Waals surface area contributed by atoms with Crippen LogP contribution in [0, 0.1) is 0 Å². The molecule has 0 aliphatic heterocycles. The van der Waals surface area contributed by atoms with Crippen molar-refractivity contribution in [1.82, 2.24) is 5.32 Å². The van der Waals surface area contributed by atoms with Gasteiger partial charge in [-0.2, -0.15) is 0 Å². The lowest BCUT2D eigenvalue weighted by Gasteiger charge is -2.29. The monoisotopic (exact) mass is 518 g/mol. The van der Waals surface area contributed by atoms with Gasteiger partial charge in [0.25, 0.3) is 5.91 Å². The number of benzene rings is 2. The Morgan fingerprint density at radius 3 is 2.39 bits per heavy atom. The third kappa shape index (κ3) is 9.02. The molecule has 1 N–H and O–H groups in total. The average Bonchev–Trinajstić information content (AvgIpc) is 2.75. The van der Waals surface area contributed by atoms with Crippen molar-refractivity contribution < 1.29 is 40.5 Å². The molecule has 33 heavy (non-hydrogen) atoms. The van der Waals surface area contributed by atoms with Crippen molar-refractivity contribution in [2.24, 2.45) is 0 Å². The molecule has 0 fully saturated rings. The Kier molecular flexibility index (Phi) is 11.9. The van der Waals surface area contributed by atoms with Gasteiger partial charge in [0, 0.05) is 24.1 Å². The minimum atomic E-state index is 0. The Morgan fingerprint density at radius 2 is 1.79 bits per heavy atom. The van der Waals surface area contributed by atoms with Gasteiger partial charge in [-0.15, -0.1) is 6.58 Å². The number of carbonyl (C=O) groups excluding carboxylic acids is 2. The van der Waals surface area contributed by atoms with Crippen LogP contribution in [0.2, 0.25) is 0 Å². The molecule has 0 heterocycles. The van der Waals surface area contributed by atoms with Crippen LogP contribution >= 0.6 is 0 Å². The van der Waals surface area contributed by atoms with Crippen LogP contribution < -0.4 is 31.8 Å². The Balaban J connectivity index is 0.00000544. The third-order valence-electron chi connectivity index (χ3n) is 5.04. The zero-order chi connectivity index (χ0) is 23.6. The van der Waals surface area contributed by atoms with Crippen LogP contribution in [0.1, 0.15) is 36.2 Å². The van der Waals surface area contributed by atoms with Crippen molar-refractivity contribution in [1.29, 1.82) is 0 Å². The van der Waals surface area contributed by atoms with Crippen molar-refractivity contribution >= 4 is 11.7 Å². The van der Waals surface area contributed by atoms with Crippen molar-refractivity contribution in [2.75, 3.05) is 40.3 Å². The van der Waals surface area contributed by atoms with Crippen LogP contribution in [0.25, 0.3) is 0 Å². The van der Waals surface area contributed by atoms with Gasteiger partial charge in [0.2, 0.25) is 0 Å². The van der Waals surface area contributed by atoms with Crippen LogP contribution in [-0.4, -0.2) is 56.5 Å². The maximum atomic E-state index is 12.0. The summed E-state index contributed by atoms with van der Waals surface area (Å²) >= 11 is 0. The molecule has 2 aromatic carbocycles. The van der Waals surface area contributed by atoms with E-state index >= 15 is 0 Å². The number of halogens is 1. The van der Waals surface area contributed by atoms with E-state index in [9.17, 15) is 9.59 Å². The second-order valence-electron chi connectivity index (χ2n) is 8.26. The topological polar surface area (TPSA) is 64.6 Å². The lowest BCUT2D eigenvalue weighted by Crippen LogP contribution is -3.00. The zero-order valence-corrected chi connectivity index (χ0v) is 21.6. The number of hydrogen-bond acceptors (Lipinski definition) is 4. The first kappa shape index (κ1) is 28.4. The first-order valence-corrected chi connectivity index (χ1v) is 11.0. The van der Waals surface area contributed by atoms with Crippen LogP contribution in [0.5, 0.6) is 17.2 Å². The number of rotatable bonds is 13. The van der Waals surface area contributed by atoms with E-state index in [4.69, 9.17) is 9.47 Å². The molecule has 0 spiro atoms. The van der Waals surface area contributed by atoms with Crippen molar-refractivity contribution in [2.45, 2.75) is 26.7 Å². The summed E-state index contributed by atoms with van der Waals surface area (Å²) in [6.07, 6.45) is 2.94. The molecule has 180 valence electrons. The fraction of sp³-hybridized carbons (Fsp3) is 0.385. The van der Waals surface area contributed by atoms with Crippen LogP contribution in [0.15, 0.2) is 55.1 Å². The number of quaternary nitrogens is 1. The standard InChI is InChI=1S/C26H34N2O4.BrH/c1-6-10-21-11-9-12-24(32-22-15-13-20(14-16-22)23(29)7-2)26(21)31-18-17-28(4,5)19-25(30)27-8-3;/h6,9,11-16H,1,7-8,10,17-19H2,2-5H3;1H. The van der Waals surface area contributed by atoms with Gasteiger partial charge in [-0.25, -0.2) is 0 Å². The minimum absolute atomic E-state index is 0. The quantitative estimate of drug-likeness (QED) is 0.247. The molecule has 0 saturated carbocycles. The second-order valence-corrected chi connectivity index (χ2v) is 8.26. The fourth-order valence-electron chi connectivity index (χ4n) is 3.28. The van der Waals surface area contributed by atoms with E-state index in [1.54, 1.807) is 24.3 Å². The highest BCUT2D eigenvalue weighted by molar-refractivity contribution is 5.95. The number of nitrogens with one attached hydrogen (secondary N) is 1. The summed E-state index contributed by atoms with van der Waals surface area (Å²) in [6, 6.07) is 12.9. The molecular weight excluding hydrogens is 484 g/mol. The minimum Gasteiger partial charge on any atom is -1.00 e. The van der Waals surface area contributed by atoms with Crippen molar-refractivity contribution in [3.63, 3.8) is 0 Å². The number of nitrogens with zero attached hydrogens (tertiary/aromatic N) is 1. The number of para-hydroxylation sites is 1. The fourth-order valence-corrected chi connectivity index (χ4v) is 3.28. The van der Waals surface area contributed by atoms with Gasteiger partial charge in [-0.1, -0.05) is 25.1 Å². The molecule has 0 radical (unpaired) electrons. The predicted molar refractivity (Wildman–Crippen MR) is 128 cm³/mol. The van der Waals surface area contributed by atoms with Crippen molar-refractivity contribution in [3.8, 4) is 17.2 Å². The summed E-state index contributed by atoms with van der Waals surface area (Å²) in [4.78, 5) is 23.8. The molecule has 2 aromatic rings. The van der Waals surface area contributed by atoms with E-state index in [1.165, 1.54) is 0 Å². The van der Waals surface area contributed by atoms with Crippen molar-refractivity contribution in [3.05, 3.63) is 66.2 Å². The third-order valence-corrected chi connectivity index (χ3v) is 5.04. The SMILES string of the molecule is C=CCc1cccc(Oc2ccc(C(=O)CC)cc2)c1OCC[N+](C)(C)CC(=O)NCC.[Br-]. The number of likely N-dealkylation sites (N-methyl/N-ethyl adjacent to an activating group) is 2. The Bertz CT molecular complexity index is 926. The Labute approximate surface area is 207 Å². The molecule has 0 aliphatic rings. The van der Waals surface area contributed by atoms with Gasteiger partial charge in [-0.3, -0.25) is 9.59 Å². The summed E-state index contributed by atoms with van der Waals surface area (Å²) in [7, 11) is 4.01. The van der Waals surface area contributed by atoms with Crippen LogP contribution in [0.3, 0.4) is 0 Å². The molecule has 0 unspecified atom stereocenters. The van der Waals surface area contributed by atoms with Gasteiger partial charge in [0.05, 0.1) is 14.1 Å². The molecule has 0 aliphatic carbocycles. The number of allylic oxidation sites excluding steroid dienone is 1. The Hall–Kier alpha value is -2.64. The molecule has 6 nitrogen and oxygen atoms in total. The number of ether oxygens (including phenoxy) is 2. The van der Waals surface area contributed by atoms with Gasteiger partial charge < -0.3 is 36.3 Å². The van der Waals surface area contributed by atoms with Gasteiger partial charge >= 0.3 is 0 Å². The van der Waals surface area contributed by atoms with Crippen LogP contribution in [-0.2, 0) is 11.2 Å². The summed E-state index contributed by atoms with van der Waals surface area (Å²) in [5.41, 5.74) is 1.65. The molecule has 0 bridgehead atoms. The molecule has 7 heteroatoms. The molecule has 2 rings (SSSR count). The number of hydrogen-bond donors (Lipinski definition) is 1. The number of carbonyl (C=O) groups is 2. The first-order valence-electron chi connectivity index (χ1n) is 11.0. The molecule has 1 amide bonds. The first-order chi connectivity index (χ1) is 15.3. The van der Waals surface area contributed by atoms with Gasteiger partial charge in [0.15, 0.2) is 23.8 Å². The maximum Gasteiger partial charge on any atom is 0.275 e. The zero-order valence-electron chi connectivity index (χ0n) is 20.0. The number of Topliss-reactive ketones (excluding diaryl/α,β-unsaturated/α-hetero) is 1. The van der Waals surface area contributed by atoms with Gasteiger partial charge in [-0.05, 0) is 43.7 Å². The maximum absolute atomic E-state index is 12.0. The smallest absolute Gasteiger partial charge is 0.275 e. The van der Waals surface area contributed by atoms with E-state index in [1.807, 2.05) is 52.2 Å². The van der Waals surface area contributed by atoms with E-state index < -0.39 is 0 Å². The van der Waals surface area contributed by atoms with Gasteiger partial charge in [0.1, 0.15) is 18.9 Å². The lowest BCUT2D eigenvalue weighted by molar-refractivity contribution is -0.882. The van der Waals surface area contributed by atoms with E-state index in [2.05, 4.69) is 11.9 Å². The molecule has 0 aromatic heterocycles. The predicted octanol–water partition coefficient (Wildman–Crippen LogP) is 1.40. The molecule has 0 atom stereocenters. The molecule has 0 saturated heterocycles. The number of amides is 1. The second kappa shape index (κ2) is 13.8. The van der Waals surface area contributed by atoms with E-state index in [0.29, 0.717) is 66.4 Å². The van der Waals surface area contributed by atoms with Crippen LogP contribution in [0.4, 0.5) is 0 Å². The van der Waals surface area contributed by atoms with E-state index in [-0.39, 0.29) is 28.7 Å². The summed E-state index contributed by atoms with van der Waals surface area (Å²) in [6.45, 7) is 9.70. The largest absolute Gasteiger partial charge is 1.00 e. The summed E-state index contributed by atoms with van der Waals surface area (Å²) in [5, 5.41) is 2.84. The molecular formula is C26H35BrN2O4. The Morgan fingerprint density at radius 1 is 1.09 bits per heavy atom. The van der Waals surface area contributed by atoms with E-state index in [0.717, 1.165) is 5.56 Å². The highest BCUT2D eigenvalue weighted by Gasteiger charge is 2.21. The number of ketones is 1. The normalized spacial score (nSPS) is 10.7. The summed E-state index contributed by atoms with van der Waals surface area (Å²) < 4.78 is 12.8. The highest BCUT2D eigenvalue weighted by atomic mass is 79.9. The average molecular weight is 519 g/mol. The summed E-state index contributed by atoms with van der Waals surface area (Å²) in [5.74, 6) is 2.03. The lowest BCUT2D eigenvalue weighted by atomic mass is 10.1.